The highest BCUT2D eigenvalue weighted by atomic mass is 16.5. The third kappa shape index (κ3) is 3.80. The highest BCUT2D eigenvalue weighted by molar-refractivity contribution is 5.77. The maximum Gasteiger partial charge on any atom is 0.318 e. The first-order chi connectivity index (χ1) is 13.3. The molecule has 2 saturated heterocycles. The Balaban J connectivity index is 1.43. The first-order valence-corrected chi connectivity index (χ1v) is 10.1. The van der Waals surface area contributed by atoms with E-state index in [2.05, 4.69) is 27.8 Å². The first-order valence-electron chi connectivity index (χ1n) is 10.1. The molecule has 1 aromatic heterocycles. The van der Waals surface area contributed by atoms with Crippen molar-refractivity contribution < 1.29 is 9.53 Å². The maximum atomic E-state index is 12.8. The van der Waals surface area contributed by atoms with Crippen LogP contribution in [0.25, 0.3) is 11.0 Å². The number of morpholine rings is 1. The number of hydrogen-bond acceptors (Lipinski definition) is 4. The summed E-state index contributed by atoms with van der Waals surface area (Å²) in [7, 11) is 0. The van der Waals surface area contributed by atoms with E-state index in [9.17, 15) is 4.79 Å². The van der Waals surface area contributed by atoms with Gasteiger partial charge in [-0.05, 0) is 31.9 Å². The molecular formula is C20H29N5O2. The zero-order valence-electron chi connectivity index (χ0n) is 16.1. The van der Waals surface area contributed by atoms with E-state index in [0.29, 0.717) is 6.54 Å². The van der Waals surface area contributed by atoms with Crippen molar-refractivity contribution in [3.05, 3.63) is 30.1 Å². The maximum absolute atomic E-state index is 12.8. The Kier molecular flexibility index (Phi) is 5.59. The molecule has 0 spiro atoms. The number of para-hydroxylation sites is 2. The summed E-state index contributed by atoms with van der Waals surface area (Å²) in [5, 5.41) is 3.11. The first kappa shape index (κ1) is 18.3. The number of benzene rings is 1. The van der Waals surface area contributed by atoms with Crippen molar-refractivity contribution in [1.82, 2.24) is 24.7 Å². The lowest BCUT2D eigenvalue weighted by atomic mass is 10.2. The molecule has 1 atom stereocenters. The molecule has 2 aliphatic rings. The number of ether oxygens (including phenoxy) is 1. The molecule has 146 valence electrons. The highest BCUT2D eigenvalue weighted by Gasteiger charge is 2.33. The molecule has 7 nitrogen and oxygen atoms in total. The van der Waals surface area contributed by atoms with Crippen molar-refractivity contribution in [2.75, 3.05) is 45.9 Å². The Morgan fingerprint density at radius 2 is 2.07 bits per heavy atom. The smallest absolute Gasteiger partial charge is 0.318 e. The minimum atomic E-state index is 0.0282. The van der Waals surface area contributed by atoms with Crippen LogP contribution in [0.3, 0.4) is 0 Å². The van der Waals surface area contributed by atoms with Gasteiger partial charge in [-0.2, -0.15) is 0 Å². The van der Waals surface area contributed by atoms with Crippen molar-refractivity contribution in [2.45, 2.75) is 32.4 Å². The van der Waals surface area contributed by atoms with Crippen molar-refractivity contribution in [2.24, 2.45) is 0 Å². The molecule has 0 radical (unpaired) electrons. The number of carbonyl (C=O) groups is 1. The van der Waals surface area contributed by atoms with E-state index >= 15 is 0 Å². The molecule has 1 unspecified atom stereocenters. The summed E-state index contributed by atoms with van der Waals surface area (Å²) < 4.78 is 7.62. The number of amides is 2. The number of carbonyl (C=O) groups excluding carboxylic acids is 1. The Morgan fingerprint density at radius 1 is 1.26 bits per heavy atom. The Labute approximate surface area is 160 Å². The van der Waals surface area contributed by atoms with Gasteiger partial charge in [0.1, 0.15) is 5.82 Å². The van der Waals surface area contributed by atoms with Crippen LogP contribution in [0.5, 0.6) is 0 Å². The monoisotopic (exact) mass is 371 g/mol. The van der Waals surface area contributed by atoms with Crippen molar-refractivity contribution >= 4 is 17.1 Å². The predicted octanol–water partition coefficient (Wildman–Crippen LogP) is 2.23. The van der Waals surface area contributed by atoms with Crippen LogP contribution in [0.15, 0.2) is 24.3 Å². The summed E-state index contributed by atoms with van der Waals surface area (Å²) in [4.78, 5) is 22.0. The zero-order valence-corrected chi connectivity index (χ0v) is 16.1. The Morgan fingerprint density at radius 3 is 2.89 bits per heavy atom. The van der Waals surface area contributed by atoms with Gasteiger partial charge < -0.3 is 19.5 Å². The Hall–Kier alpha value is -2.12. The largest absolute Gasteiger partial charge is 0.379 e. The van der Waals surface area contributed by atoms with E-state index in [0.717, 1.165) is 75.6 Å². The van der Waals surface area contributed by atoms with E-state index in [1.54, 1.807) is 0 Å². The van der Waals surface area contributed by atoms with Gasteiger partial charge in [0.15, 0.2) is 0 Å². The predicted molar refractivity (Wildman–Crippen MR) is 105 cm³/mol. The van der Waals surface area contributed by atoms with E-state index in [4.69, 9.17) is 9.72 Å². The molecule has 27 heavy (non-hydrogen) atoms. The molecular weight excluding hydrogens is 342 g/mol. The van der Waals surface area contributed by atoms with Crippen molar-refractivity contribution in [3.8, 4) is 0 Å². The van der Waals surface area contributed by atoms with Gasteiger partial charge in [0, 0.05) is 39.3 Å². The summed E-state index contributed by atoms with van der Waals surface area (Å²) >= 11 is 0. The lowest BCUT2D eigenvalue weighted by Gasteiger charge is -2.28. The molecule has 3 heterocycles. The Bertz CT molecular complexity index is 784. The van der Waals surface area contributed by atoms with Crippen LogP contribution in [0.4, 0.5) is 4.79 Å². The van der Waals surface area contributed by atoms with Gasteiger partial charge in [-0.3, -0.25) is 4.90 Å². The van der Waals surface area contributed by atoms with Crippen LogP contribution in [0.2, 0.25) is 0 Å². The summed E-state index contributed by atoms with van der Waals surface area (Å²) in [6, 6.07) is 8.30. The zero-order chi connectivity index (χ0) is 18.6. The molecule has 2 fully saturated rings. The van der Waals surface area contributed by atoms with E-state index in [1.807, 2.05) is 23.1 Å². The molecule has 1 N–H and O–H groups in total. The van der Waals surface area contributed by atoms with E-state index < -0.39 is 0 Å². The number of aromatic nitrogens is 2. The molecule has 4 rings (SSSR count). The van der Waals surface area contributed by atoms with Gasteiger partial charge in [-0.15, -0.1) is 0 Å². The molecule has 0 saturated carbocycles. The van der Waals surface area contributed by atoms with Gasteiger partial charge in [0.05, 0.1) is 30.3 Å². The second kappa shape index (κ2) is 8.27. The summed E-state index contributed by atoms with van der Waals surface area (Å²) in [6.45, 7) is 8.81. The fourth-order valence-electron chi connectivity index (χ4n) is 4.21. The molecule has 0 aliphatic carbocycles. The second-order valence-corrected chi connectivity index (χ2v) is 7.24. The average molecular weight is 371 g/mol. The van der Waals surface area contributed by atoms with E-state index in [1.165, 1.54) is 0 Å². The molecule has 2 amide bonds. The third-order valence-corrected chi connectivity index (χ3v) is 5.62. The molecule has 7 heteroatoms. The fourth-order valence-corrected chi connectivity index (χ4v) is 4.21. The number of hydrogen-bond donors (Lipinski definition) is 1. The topological polar surface area (TPSA) is 62.6 Å². The van der Waals surface area contributed by atoms with Gasteiger partial charge >= 0.3 is 6.03 Å². The molecule has 1 aromatic carbocycles. The third-order valence-electron chi connectivity index (χ3n) is 5.62. The number of nitrogens with zero attached hydrogens (tertiary/aromatic N) is 4. The lowest BCUT2D eigenvalue weighted by Crippen LogP contribution is -2.45. The number of urea groups is 1. The van der Waals surface area contributed by atoms with Crippen LogP contribution in [0, 0.1) is 0 Å². The summed E-state index contributed by atoms with van der Waals surface area (Å²) in [6.07, 6.45) is 1.99. The standard InChI is InChI=1S/C20H29N5O2/c1-2-24-17-7-4-3-6-16(17)22-19(24)18-8-5-10-25(18)20(26)21-9-11-23-12-14-27-15-13-23/h3-4,6-7,18H,2,5,8-15H2,1H3,(H,21,26). The molecule has 0 bridgehead atoms. The minimum Gasteiger partial charge on any atom is -0.379 e. The molecule has 2 aliphatic heterocycles. The van der Waals surface area contributed by atoms with Gasteiger partial charge in [-0.1, -0.05) is 12.1 Å². The highest BCUT2D eigenvalue weighted by Crippen LogP contribution is 2.33. The van der Waals surface area contributed by atoms with Crippen LogP contribution in [-0.4, -0.2) is 71.3 Å². The number of imidazole rings is 1. The van der Waals surface area contributed by atoms with Gasteiger partial charge in [-0.25, -0.2) is 9.78 Å². The molecule has 2 aromatic rings. The number of nitrogens with one attached hydrogen (secondary N) is 1. The number of likely N-dealkylation sites (tertiary alicyclic amines) is 1. The van der Waals surface area contributed by atoms with Crippen LogP contribution in [-0.2, 0) is 11.3 Å². The minimum absolute atomic E-state index is 0.0282. The SMILES string of the molecule is CCn1c(C2CCCN2C(=O)NCCN2CCOCC2)nc2ccccc21. The lowest BCUT2D eigenvalue weighted by molar-refractivity contribution is 0.0385. The van der Waals surface area contributed by atoms with Gasteiger partial charge in [0.25, 0.3) is 0 Å². The van der Waals surface area contributed by atoms with Crippen LogP contribution in [0.1, 0.15) is 31.6 Å². The van der Waals surface area contributed by atoms with Crippen molar-refractivity contribution in [3.63, 3.8) is 0 Å². The quantitative estimate of drug-likeness (QED) is 0.876. The van der Waals surface area contributed by atoms with Gasteiger partial charge in [0.2, 0.25) is 0 Å². The number of rotatable bonds is 5. The van der Waals surface area contributed by atoms with Crippen LogP contribution >= 0.6 is 0 Å². The van der Waals surface area contributed by atoms with Crippen LogP contribution < -0.4 is 5.32 Å². The average Bonchev–Trinajstić information content (AvgIpc) is 3.33. The second-order valence-electron chi connectivity index (χ2n) is 7.24. The fraction of sp³-hybridized carbons (Fsp3) is 0.600. The summed E-state index contributed by atoms with van der Waals surface area (Å²) in [5.74, 6) is 1.01. The summed E-state index contributed by atoms with van der Waals surface area (Å²) in [5.41, 5.74) is 2.16. The van der Waals surface area contributed by atoms with E-state index in [-0.39, 0.29) is 12.1 Å². The normalized spacial score (nSPS) is 21.1. The number of aryl methyl sites for hydroxylation is 1. The number of fused-ring (bicyclic) bond motifs is 1. The van der Waals surface area contributed by atoms with Crippen molar-refractivity contribution in [1.29, 1.82) is 0 Å².